The summed E-state index contributed by atoms with van der Waals surface area (Å²) in [6.45, 7) is 21.3. The van der Waals surface area contributed by atoms with E-state index in [2.05, 4.69) is 40.8 Å². The van der Waals surface area contributed by atoms with Gasteiger partial charge in [-0.2, -0.15) is 0 Å². The van der Waals surface area contributed by atoms with E-state index in [0.29, 0.717) is 13.2 Å². The van der Waals surface area contributed by atoms with Crippen LogP contribution in [0.3, 0.4) is 0 Å². The van der Waals surface area contributed by atoms with Crippen LogP contribution < -0.4 is 0 Å². The Kier molecular flexibility index (Phi) is 11.0. The highest BCUT2D eigenvalue weighted by Gasteiger charge is 2.46. The van der Waals surface area contributed by atoms with E-state index in [4.69, 9.17) is 9.16 Å². The van der Waals surface area contributed by atoms with Crippen molar-refractivity contribution in [2.45, 2.75) is 105 Å². The van der Waals surface area contributed by atoms with Gasteiger partial charge in [0.25, 0.3) is 0 Å². The summed E-state index contributed by atoms with van der Waals surface area (Å²) >= 11 is 0. The van der Waals surface area contributed by atoms with Crippen molar-refractivity contribution in [2.24, 2.45) is 17.3 Å². The third-order valence-electron chi connectivity index (χ3n) is 7.41. The lowest BCUT2D eigenvalue weighted by Gasteiger charge is -2.46. The summed E-state index contributed by atoms with van der Waals surface area (Å²) in [5.41, 5.74) is 0.262. The Morgan fingerprint density at radius 1 is 1.03 bits per heavy atom. The van der Waals surface area contributed by atoms with Crippen molar-refractivity contribution in [3.63, 3.8) is 0 Å². The van der Waals surface area contributed by atoms with Crippen LogP contribution in [0.25, 0.3) is 0 Å². The maximum Gasteiger partial charge on any atom is 0.192 e. The minimum absolute atomic E-state index is 0.0181. The summed E-state index contributed by atoms with van der Waals surface area (Å²) in [5.74, 6) is -0.313. The zero-order valence-corrected chi connectivity index (χ0v) is 23.5. The molecule has 1 aromatic rings. The lowest BCUT2D eigenvalue weighted by molar-refractivity contribution is -0.128. The number of hydrogen-bond donors (Lipinski definition) is 2. The summed E-state index contributed by atoms with van der Waals surface area (Å²) in [5, 5.41) is 22.1. The summed E-state index contributed by atoms with van der Waals surface area (Å²) < 4.78 is 12.9. The van der Waals surface area contributed by atoms with Gasteiger partial charge in [0.05, 0.1) is 31.5 Å². The summed E-state index contributed by atoms with van der Waals surface area (Å²) in [4.78, 5) is 11.6. The number of Topliss-reactive ketones (excluding diaryl/α,β-unsaturated/α-hetero) is 1. The predicted molar refractivity (Wildman–Crippen MR) is 138 cm³/mol. The molecule has 0 saturated heterocycles. The molecule has 0 radical (unpaired) electrons. The average Bonchev–Trinajstić information content (AvgIpc) is 2.70. The molecular formula is C27H48O5Si. The fourth-order valence-electron chi connectivity index (χ4n) is 3.88. The normalized spacial score (nSPS) is 17.8. The lowest BCUT2D eigenvalue weighted by atomic mass is 9.72. The highest BCUT2D eigenvalue weighted by molar-refractivity contribution is 6.74. The molecule has 5 nitrogen and oxygen atoms in total. The molecule has 0 unspecified atom stereocenters. The molecule has 0 aromatic heterocycles. The molecule has 0 spiro atoms. The van der Waals surface area contributed by atoms with Gasteiger partial charge in [0.2, 0.25) is 0 Å². The maximum absolute atomic E-state index is 11.6. The second-order valence-corrected chi connectivity index (χ2v) is 16.6. The Morgan fingerprint density at radius 2 is 1.58 bits per heavy atom. The van der Waals surface area contributed by atoms with Crippen LogP contribution in [0.1, 0.15) is 67.4 Å². The highest BCUT2D eigenvalue weighted by Crippen LogP contribution is 2.41. The van der Waals surface area contributed by atoms with Crippen molar-refractivity contribution in [3.05, 3.63) is 35.9 Å². The molecule has 6 heteroatoms. The van der Waals surface area contributed by atoms with Gasteiger partial charge in [-0.3, -0.25) is 4.79 Å². The van der Waals surface area contributed by atoms with Crippen molar-refractivity contribution in [1.82, 2.24) is 0 Å². The van der Waals surface area contributed by atoms with E-state index in [0.717, 1.165) is 5.56 Å². The Hall–Kier alpha value is -1.05. The van der Waals surface area contributed by atoms with E-state index >= 15 is 0 Å². The van der Waals surface area contributed by atoms with E-state index < -0.39 is 25.9 Å². The number of rotatable bonds is 13. The van der Waals surface area contributed by atoms with Crippen molar-refractivity contribution >= 4 is 14.1 Å². The minimum atomic E-state index is -2.14. The van der Waals surface area contributed by atoms with Gasteiger partial charge >= 0.3 is 0 Å². The first-order valence-electron chi connectivity index (χ1n) is 12.2. The molecular weight excluding hydrogens is 432 g/mol. The van der Waals surface area contributed by atoms with Crippen molar-refractivity contribution in [2.75, 3.05) is 6.61 Å². The van der Waals surface area contributed by atoms with Gasteiger partial charge in [0.15, 0.2) is 8.32 Å². The van der Waals surface area contributed by atoms with Crippen molar-refractivity contribution in [1.29, 1.82) is 0 Å². The van der Waals surface area contributed by atoms with E-state index in [1.54, 1.807) is 0 Å². The molecule has 0 heterocycles. The highest BCUT2D eigenvalue weighted by atomic mass is 28.4. The first-order valence-corrected chi connectivity index (χ1v) is 15.1. The van der Waals surface area contributed by atoms with Gasteiger partial charge in [0.1, 0.15) is 5.78 Å². The number of benzene rings is 1. The number of aliphatic hydroxyl groups is 2. The van der Waals surface area contributed by atoms with E-state index in [1.165, 1.54) is 6.92 Å². The molecule has 190 valence electrons. The van der Waals surface area contributed by atoms with Crippen LogP contribution in [0.2, 0.25) is 18.1 Å². The monoisotopic (exact) mass is 480 g/mol. The second kappa shape index (κ2) is 12.1. The number of aliphatic hydroxyl groups excluding tert-OH is 2. The molecule has 0 fully saturated rings. The predicted octanol–water partition coefficient (Wildman–Crippen LogP) is 5.59. The molecule has 1 rings (SSSR count). The summed E-state index contributed by atoms with van der Waals surface area (Å²) in [6.07, 6.45) is -2.00. The molecule has 0 amide bonds. The number of carbonyl (C=O) groups excluding carboxylic acids is 1. The third-order valence-corrected chi connectivity index (χ3v) is 11.9. The van der Waals surface area contributed by atoms with Crippen molar-refractivity contribution in [3.8, 4) is 0 Å². The van der Waals surface area contributed by atoms with Crippen LogP contribution in [-0.4, -0.2) is 49.2 Å². The van der Waals surface area contributed by atoms with E-state index in [1.807, 2.05) is 51.1 Å². The quantitative estimate of drug-likeness (QED) is 0.360. The van der Waals surface area contributed by atoms with Gasteiger partial charge in [0, 0.05) is 23.7 Å². The number of ether oxygens (including phenoxy) is 1. The first-order chi connectivity index (χ1) is 15.0. The SMILES string of the molecule is CC(=O)C[C@H](O)C(C)(C)[C@@H](O)[C@H](C)[C@@H](O[Si](C)(C)C(C)(C)C)[C@@H](C)COCc1ccccc1. The van der Waals surface area contributed by atoms with Crippen LogP contribution >= 0.6 is 0 Å². The molecule has 0 aliphatic rings. The molecule has 1 aromatic carbocycles. The van der Waals surface area contributed by atoms with Crippen LogP contribution in [-0.2, 0) is 20.6 Å². The summed E-state index contributed by atoms with van der Waals surface area (Å²) in [6, 6.07) is 10.1. The van der Waals surface area contributed by atoms with E-state index in [9.17, 15) is 15.0 Å². The topological polar surface area (TPSA) is 76.0 Å². The van der Waals surface area contributed by atoms with Gasteiger partial charge in [-0.25, -0.2) is 0 Å². The Bertz CT molecular complexity index is 726. The van der Waals surface area contributed by atoms with Crippen molar-refractivity contribution < 1.29 is 24.2 Å². The zero-order chi connectivity index (χ0) is 25.6. The van der Waals surface area contributed by atoms with Crippen LogP contribution in [0.15, 0.2) is 30.3 Å². The molecule has 33 heavy (non-hydrogen) atoms. The minimum Gasteiger partial charge on any atom is -0.413 e. The van der Waals surface area contributed by atoms with E-state index in [-0.39, 0.29) is 35.2 Å². The fraction of sp³-hybridized carbons (Fsp3) is 0.741. The maximum atomic E-state index is 11.6. The fourth-order valence-corrected chi connectivity index (χ4v) is 5.36. The molecule has 5 atom stereocenters. The van der Waals surface area contributed by atoms with Gasteiger partial charge in [-0.1, -0.05) is 78.8 Å². The van der Waals surface area contributed by atoms with Gasteiger partial charge in [-0.15, -0.1) is 0 Å². The molecule has 0 aliphatic heterocycles. The summed E-state index contributed by atoms with van der Waals surface area (Å²) in [7, 11) is -2.14. The van der Waals surface area contributed by atoms with Crippen LogP contribution in [0.5, 0.6) is 0 Å². The first kappa shape index (κ1) is 30.0. The van der Waals surface area contributed by atoms with Crippen LogP contribution in [0.4, 0.5) is 0 Å². The van der Waals surface area contributed by atoms with Gasteiger partial charge in [-0.05, 0) is 30.6 Å². The average molecular weight is 481 g/mol. The standard InChI is InChI=1S/C27H48O5Si/c1-19(17-31-18-22-14-12-11-13-15-22)24(32-33(9,10)26(4,5)6)21(3)25(30)27(7,8)23(29)16-20(2)28/h11-15,19,21,23-25,29-30H,16-18H2,1-10H3/t19-,21+,23-,24-,25-/m0/s1. The number of carbonyl (C=O) groups is 1. The lowest BCUT2D eigenvalue weighted by Crippen LogP contribution is -2.53. The Balaban J connectivity index is 3.07. The smallest absolute Gasteiger partial charge is 0.192 e. The largest absolute Gasteiger partial charge is 0.413 e. The molecule has 0 aliphatic carbocycles. The molecule has 2 N–H and O–H groups in total. The second-order valence-electron chi connectivity index (χ2n) is 11.9. The number of hydrogen-bond acceptors (Lipinski definition) is 5. The third kappa shape index (κ3) is 8.59. The Morgan fingerprint density at radius 3 is 2.06 bits per heavy atom. The molecule has 0 bridgehead atoms. The Labute approximate surface area is 203 Å². The van der Waals surface area contributed by atoms with Gasteiger partial charge < -0.3 is 19.4 Å². The number of ketones is 1. The molecule has 0 saturated carbocycles. The van der Waals surface area contributed by atoms with Crippen LogP contribution in [0, 0.1) is 17.3 Å². The zero-order valence-electron chi connectivity index (χ0n) is 22.5.